The zero-order valence-corrected chi connectivity index (χ0v) is 16.2. The van der Waals surface area contributed by atoms with Gasteiger partial charge < -0.3 is 18.9 Å². The Balaban J connectivity index is 2.02. The summed E-state index contributed by atoms with van der Waals surface area (Å²) < 4.78 is 51.4. The number of phosphoric ester groups is 1. The average molecular weight is 368 g/mol. The second-order valence-electron chi connectivity index (χ2n) is 6.58. The Morgan fingerprint density at radius 1 is 0.958 bits per heavy atom. The van der Waals surface area contributed by atoms with E-state index in [1.165, 1.54) is 0 Å². The van der Waals surface area contributed by atoms with E-state index in [1.54, 1.807) is 13.8 Å². The van der Waals surface area contributed by atoms with Crippen LogP contribution in [-0.2, 0) is 37.1 Å². The Kier molecular flexibility index (Phi) is 6.48. The highest BCUT2D eigenvalue weighted by molar-refractivity contribution is 7.48. The molecular weight excluding hydrogens is 339 g/mol. The third-order valence-corrected chi connectivity index (χ3v) is 5.20. The number of rotatable bonds is 8. The third kappa shape index (κ3) is 5.22. The van der Waals surface area contributed by atoms with E-state index < -0.39 is 31.6 Å². The van der Waals surface area contributed by atoms with Gasteiger partial charge in [-0.25, -0.2) is 4.57 Å². The van der Waals surface area contributed by atoms with E-state index in [9.17, 15) is 4.57 Å². The van der Waals surface area contributed by atoms with Crippen molar-refractivity contribution < 1.29 is 37.1 Å². The van der Waals surface area contributed by atoms with E-state index >= 15 is 0 Å². The first-order valence-corrected chi connectivity index (χ1v) is 9.77. The molecule has 9 heteroatoms. The number of phosphoric acid groups is 1. The molecule has 0 aromatic rings. The molecule has 0 aromatic heterocycles. The lowest BCUT2D eigenvalue weighted by Gasteiger charge is -2.24. The summed E-state index contributed by atoms with van der Waals surface area (Å²) in [6.45, 7) is 11.6. The molecule has 0 aromatic carbocycles. The summed E-state index contributed by atoms with van der Waals surface area (Å²) in [5, 5.41) is 0. The Hall–Kier alpha value is -0.0500. The molecular formula is C15H29O8P. The van der Waals surface area contributed by atoms with Crippen molar-refractivity contribution in [1.82, 2.24) is 0 Å². The van der Waals surface area contributed by atoms with Crippen LogP contribution >= 0.6 is 7.82 Å². The van der Waals surface area contributed by atoms with E-state index in [4.69, 9.17) is 32.5 Å². The summed E-state index contributed by atoms with van der Waals surface area (Å²) >= 11 is 0. The molecule has 2 heterocycles. The van der Waals surface area contributed by atoms with Crippen molar-refractivity contribution in [3.63, 3.8) is 0 Å². The van der Waals surface area contributed by atoms with Gasteiger partial charge in [0.05, 0.1) is 26.4 Å². The zero-order chi connectivity index (χ0) is 18.0. The van der Waals surface area contributed by atoms with Gasteiger partial charge in [0.25, 0.3) is 0 Å². The van der Waals surface area contributed by atoms with E-state index in [1.807, 2.05) is 27.7 Å². The van der Waals surface area contributed by atoms with Gasteiger partial charge in [0.2, 0.25) is 0 Å². The molecule has 0 radical (unpaired) electrons. The fraction of sp³-hybridized carbons (Fsp3) is 1.00. The van der Waals surface area contributed by atoms with Gasteiger partial charge in [0.15, 0.2) is 11.6 Å². The van der Waals surface area contributed by atoms with Crippen molar-refractivity contribution in [2.24, 2.45) is 0 Å². The average Bonchev–Trinajstić information content (AvgIpc) is 2.96. The van der Waals surface area contributed by atoms with Crippen LogP contribution in [0, 0.1) is 0 Å². The molecule has 142 valence electrons. The largest absolute Gasteiger partial charge is 0.474 e. The second kappa shape index (κ2) is 7.68. The minimum atomic E-state index is -3.60. The molecule has 0 spiro atoms. The number of ether oxygens (including phenoxy) is 4. The Morgan fingerprint density at radius 2 is 1.58 bits per heavy atom. The molecule has 2 rings (SSSR count). The van der Waals surface area contributed by atoms with Crippen LogP contribution in [0.3, 0.4) is 0 Å². The predicted octanol–water partition coefficient (Wildman–Crippen LogP) is 2.86. The van der Waals surface area contributed by atoms with Crippen LogP contribution < -0.4 is 0 Å². The molecule has 0 saturated carbocycles. The fourth-order valence-corrected chi connectivity index (χ4v) is 3.96. The van der Waals surface area contributed by atoms with E-state index in [0.29, 0.717) is 6.61 Å². The van der Waals surface area contributed by atoms with Gasteiger partial charge in [-0.1, -0.05) is 0 Å². The lowest BCUT2D eigenvalue weighted by Crippen LogP contribution is -2.40. The maximum atomic E-state index is 12.4. The molecule has 2 aliphatic heterocycles. The van der Waals surface area contributed by atoms with Crippen LogP contribution in [0.15, 0.2) is 0 Å². The summed E-state index contributed by atoms with van der Waals surface area (Å²) in [4.78, 5) is 0. The third-order valence-electron chi connectivity index (χ3n) is 3.59. The van der Waals surface area contributed by atoms with Gasteiger partial charge in [0.1, 0.15) is 18.3 Å². The van der Waals surface area contributed by atoms with Crippen LogP contribution in [0.1, 0.15) is 41.5 Å². The highest BCUT2D eigenvalue weighted by Gasteiger charge is 2.50. The first kappa shape index (κ1) is 20.3. The summed E-state index contributed by atoms with van der Waals surface area (Å²) in [6.07, 6.45) is -1.18. The Labute approximate surface area is 143 Å². The van der Waals surface area contributed by atoms with Crippen LogP contribution in [0.5, 0.6) is 0 Å². The quantitative estimate of drug-likeness (QED) is 0.605. The molecule has 0 N–H and O–H groups in total. The first-order chi connectivity index (χ1) is 11.1. The maximum absolute atomic E-state index is 12.4. The van der Waals surface area contributed by atoms with Gasteiger partial charge in [-0.3, -0.25) is 13.6 Å². The van der Waals surface area contributed by atoms with Crippen LogP contribution in [0.4, 0.5) is 0 Å². The number of hydrogen-bond donors (Lipinski definition) is 0. The molecule has 0 bridgehead atoms. The molecule has 0 aliphatic carbocycles. The highest BCUT2D eigenvalue weighted by Crippen LogP contribution is 2.50. The molecule has 0 unspecified atom stereocenters. The lowest BCUT2D eigenvalue weighted by molar-refractivity contribution is -0.175. The first-order valence-electron chi connectivity index (χ1n) is 8.31. The molecule has 0 amide bonds. The van der Waals surface area contributed by atoms with Crippen LogP contribution in [0.25, 0.3) is 0 Å². The maximum Gasteiger partial charge on any atom is 0.474 e. The van der Waals surface area contributed by atoms with Crippen molar-refractivity contribution >= 4 is 7.82 Å². The van der Waals surface area contributed by atoms with Crippen molar-refractivity contribution in [3.8, 4) is 0 Å². The van der Waals surface area contributed by atoms with Gasteiger partial charge in [-0.05, 0) is 41.5 Å². The lowest BCUT2D eigenvalue weighted by atomic mass is 10.1. The van der Waals surface area contributed by atoms with Crippen molar-refractivity contribution in [2.45, 2.75) is 71.4 Å². The summed E-state index contributed by atoms with van der Waals surface area (Å²) in [6, 6.07) is 0. The van der Waals surface area contributed by atoms with E-state index in [-0.39, 0.29) is 25.9 Å². The molecule has 2 fully saturated rings. The van der Waals surface area contributed by atoms with Crippen molar-refractivity contribution in [3.05, 3.63) is 0 Å². The smallest absolute Gasteiger partial charge is 0.348 e. The Bertz CT molecular complexity index is 456. The van der Waals surface area contributed by atoms with Crippen molar-refractivity contribution in [2.75, 3.05) is 26.4 Å². The molecule has 2 saturated heterocycles. The highest BCUT2D eigenvalue weighted by atomic mass is 31.2. The Morgan fingerprint density at radius 3 is 2.08 bits per heavy atom. The summed E-state index contributed by atoms with van der Waals surface area (Å²) in [5.41, 5.74) is 0. The summed E-state index contributed by atoms with van der Waals surface area (Å²) in [5.74, 6) is -1.46. The molecule has 24 heavy (non-hydrogen) atoms. The topological polar surface area (TPSA) is 81.7 Å². The minimum Gasteiger partial charge on any atom is -0.348 e. The fourth-order valence-electron chi connectivity index (χ4n) is 2.78. The molecule has 3 atom stereocenters. The molecule has 2 aliphatic rings. The van der Waals surface area contributed by atoms with Crippen LogP contribution in [-0.4, -0.2) is 56.3 Å². The van der Waals surface area contributed by atoms with Gasteiger partial charge in [-0.2, -0.15) is 0 Å². The van der Waals surface area contributed by atoms with Gasteiger partial charge in [0, 0.05) is 0 Å². The standard InChI is InChI=1S/C15H29O8P/c1-7-18-24(16,19-8-2)20-10-12-13(23-15(5,6)22-12)11-9-17-14(3,4)21-11/h11-13H,7-10H2,1-6H3/t11-,12+,13+/m0/s1. The predicted molar refractivity (Wildman–Crippen MR) is 85.5 cm³/mol. The minimum absolute atomic E-state index is 0.00562. The number of hydrogen-bond acceptors (Lipinski definition) is 8. The normalized spacial score (nSPS) is 32.3. The van der Waals surface area contributed by atoms with E-state index in [0.717, 1.165) is 0 Å². The van der Waals surface area contributed by atoms with E-state index in [2.05, 4.69) is 0 Å². The van der Waals surface area contributed by atoms with Crippen LogP contribution in [0.2, 0.25) is 0 Å². The van der Waals surface area contributed by atoms with Gasteiger partial charge in [-0.15, -0.1) is 0 Å². The monoisotopic (exact) mass is 368 g/mol. The zero-order valence-electron chi connectivity index (χ0n) is 15.3. The SMILES string of the molecule is CCOP(=O)(OCC)OC[C@H]1OC(C)(C)O[C@@H]1[C@@H]1COC(C)(C)O1. The van der Waals surface area contributed by atoms with Gasteiger partial charge >= 0.3 is 7.82 Å². The van der Waals surface area contributed by atoms with Crippen molar-refractivity contribution in [1.29, 1.82) is 0 Å². The second-order valence-corrected chi connectivity index (χ2v) is 8.25. The summed E-state index contributed by atoms with van der Waals surface area (Å²) in [7, 11) is -3.60. The molecule has 8 nitrogen and oxygen atoms in total.